The number of carbonyl (C=O) groups excluding carboxylic acids is 1. The van der Waals surface area contributed by atoms with Crippen LogP contribution in [0.15, 0.2) is 36.5 Å². The molecule has 11 heteroatoms. The highest BCUT2D eigenvalue weighted by Gasteiger charge is 2.32. The Hall–Kier alpha value is -3.34. The van der Waals surface area contributed by atoms with Crippen LogP contribution in [-0.4, -0.2) is 33.2 Å². The summed E-state index contributed by atoms with van der Waals surface area (Å²) in [6.45, 7) is 1.42. The number of nitrogens with zero attached hydrogens (tertiary/aromatic N) is 3. The van der Waals surface area contributed by atoms with Gasteiger partial charge in [-0.25, -0.2) is 13.8 Å². The molecule has 1 atom stereocenters. The third-order valence-corrected chi connectivity index (χ3v) is 5.56. The van der Waals surface area contributed by atoms with Crippen molar-refractivity contribution in [3.63, 3.8) is 0 Å². The van der Waals surface area contributed by atoms with Gasteiger partial charge in [-0.15, -0.1) is 0 Å². The highest BCUT2D eigenvalue weighted by atomic mass is 19.4. The van der Waals surface area contributed by atoms with Gasteiger partial charge in [-0.2, -0.15) is 13.2 Å². The number of amides is 1. The smallest absolute Gasteiger partial charge is 0.383 e. The largest absolute Gasteiger partial charge is 0.417 e. The molecule has 0 spiro atoms. The lowest BCUT2D eigenvalue weighted by Crippen LogP contribution is -2.39. The molecule has 6 nitrogen and oxygen atoms in total. The molecular formula is C23H21F5N4O2. The Morgan fingerprint density at radius 3 is 2.56 bits per heavy atom. The predicted octanol–water partition coefficient (Wildman–Crippen LogP) is 5.12. The molecule has 2 N–H and O–H groups in total. The second kappa shape index (κ2) is 8.46. The summed E-state index contributed by atoms with van der Waals surface area (Å²) in [5.74, 6) is -3.63. The lowest BCUT2D eigenvalue weighted by molar-refractivity contribution is -0.137. The van der Waals surface area contributed by atoms with E-state index >= 15 is 0 Å². The van der Waals surface area contributed by atoms with E-state index in [-0.39, 0.29) is 24.0 Å². The highest BCUT2D eigenvalue weighted by Crippen LogP contribution is 2.38. The van der Waals surface area contributed by atoms with Crippen LogP contribution in [0.4, 0.5) is 27.8 Å². The zero-order chi connectivity index (χ0) is 24.8. The molecule has 3 heterocycles. The minimum absolute atomic E-state index is 0.0453. The average molecular weight is 480 g/mol. The SMILES string of the molecule is C[C@H]1OCc2c1c(N)nc1ccc(C(=O)N(Cc3ccc(C(F)(F)F)cn3)CC(C)(F)F)cc21. The number of hydrogen-bond acceptors (Lipinski definition) is 5. The number of alkyl halides is 5. The second-order valence-corrected chi connectivity index (χ2v) is 8.34. The van der Waals surface area contributed by atoms with Crippen LogP contribution >= 0.6 is 0 Å². The van der Waals surface area contributed by atoms with E-state index in [1.165, 1.54) is 6.07 Å². The fraction of sp³-hybridized carbons (Fsp3) is 0.348. The van der Waals surface area contributed by atoms with Crippen LogP contribution in [0.25, 0.3) is 10.9 Å². The number of nitrogens with two attached hydrogens (primary N) is 1. The van der Waals surface area contributed by atoms with Crippen molar-refractivity contribution in [1.82, 2.24) is 14.9 Å². The van der Waals surface area contributed by atoms with Gasteiger partial charge in [-0.1, -0.05) is 0 Å². The molecule has 0 saturated heterocycles. The van der Waals surface area contributed by atoms with E-state index in [1.807, 2.05) is 6.92 Å². The summed E-state index contributed by atoms with van der Waals surface area (Å²) in [7, 11) is 0. The Morgan fingerprint density at radius 2 is 1.94 bits per heavy atom. The molecule has 2 aromatic heterocycles. The molecule has 0 aliphatic carbocycles. The Bertz CT molecular complexity index is 1240. The van der Waals surface area contributed by atoms with Crippen molar-refractivity contribution >= 4 is 22.6 Å². The molecular weight excluding hydrogens is 459 g/mol. The molecule has 0 fully saturated rings. The summed E-state index contributed by atoms with van der Waals surface area (Å²) < 4.78 is 71.8. The minimum Gasteiger partial charge on any atom is -0.383 e. The summed E-state index contributed by atoms with van der Waals surface area (Å²) in [4.78, 5) is 22.2. The molecule has 1 aliphatic heterocycles. The van der Waals surface area contributed by atoms with Gasteiger partial charge in [-0.05, 0) is 42.8 Å². The van der Waals surface area contributed by atoms with E-state index in [2.05, 4.69) is 9.97 Å². The van der Waals surface area contributed by atoms with Gasteiger partial charge in [0.1, 0.15) is 5.82 Å². The van der Waals surface area contributed by atoms with Crippen LogP contribution in [0.1, 0.15) is 52.7 Å². The van der Waals surface area contributed by atoms with Crippen molar-refractivity contribution < 1.29 is 31.5 Å². The Labute approximate surface area is 191 Å². The Morgan fingerprint density at radius 1 is 1.21 bits per heavy atom. The van der Waals surface area contributed by atoms with Gasteiger partial charge >= 0.3 is 6.18 Å². The summed E-state index contributed by atoms with van der Waals surface area (Å²) in [6.07, 6.45) is -4.24. The molecule has 0 bridgehead atoms. The van der Waals surface area contributed by atoms with Crippen molar-refractivity contribution in [3.05, 3.63) is 64.5 Å². The summed E-state index contributed by atoms with van der Waals surface area (Å²) in [5.41, 5.74) is 7.27. The molecule has 1 aromatic carbocycles. The molecule has 4 rings (SSSR count). The number of hydrogen-bond donors (Lipinski definition) is 1. The second-order valence-electron chi connectivity index (χ2n) is 8.34. The molecule has 34 heavy (non-hydrogen) atoms. The van der Waals surface area contributed by atoms with Gasteiger partial charge in [0.15, 0.2) is 0 Å². The fourth-order valence-corrected chi connectivity index (χ4v) is 4.00. The first-order valence-corrected chi connectivity index (χ1v) is 10.4. The van der Waals surface area contributed by atoms with Crippen LogP contribution in [0.2, 0.25) is 0 Å². The summed E-state index contributed by atoms with van der Waals surface area (Å²) >= 11 is 0. The molecule has 0 radical (unpaired) electrons. The maximum absolute atomic E-state index is 13.9. The van der Waals surface area contributed by atoms with Gasteiger partial charge < -0.3 is 15.4 Å². The number of halogens is 5. The zero-order valence-electron chi connectivity index (χ0n) is 18.3. The van der Waals surface area contributed by atoms with Crippen LogP contribution in [0.5, 0.6) is 0 Å². The van der Waals surface area contributed by atoms with Gasteiger partial charge in [0.25, 0.3) is 11.8 Å². The van der Waals surface area contributed by atoms with Crippen molar-refractivity contribution in [2.75, 3.05) is 12.3 Å². The maximum atomic E-state index is 13.9. The number of anilines is 1. The molecule has 3 aromatic rings. The number of nitrogen functional groups attached to an aromatic ring is 1. The molecule has 1 amide bonds. The van der Waals surface area contributed by atoms with Crippen molar-refractivity contribution in [2.45, 2.75) is 45.2 Å². The standard InChI is InChI=1S/C23H21F5N4O2/c1-12-19-17(10-34-12)16-7-13(3-6-18(16)31-20(19)29)21(33)32(11-22(2,24)25)9-15-5-4-14(8-30-15)23(26,27)28/h3-8,12H,9-11H2,1-2H3,(H2,29,31)/t12-/m1/s1. The third kappa shape index (κ3) is 4.79. The maximum Gasteiger partial charge on any atom is 0.417 e. The highest BCUT2D eigenvalue weighted by molar-refractivity contribution is 5.99. The van der Waals surface area contributed by atoms with Crippen LogP contribution in [0.3, 0.4) is 0 Å². The summed E-state index contributed by atoms with van der Waals surface area (Å²) in [5, 5.41) is 0.621. The average Bonchev–Trinajstić information content (AvgIpc) is 3.14. The van der Waals surface area contributed by atoms with Gasteiger partial charge in [0.2, 0.25) is 0 Å². The van der Waals surface area contributed by atoms with Crippen molar-refractivity contribution in [1.29, 1.82) is 0 Å². The fourth-order valence-electron chi connectivity index (χ4n) is 4.00. The first-order chi connectivity index (χ1) is 15.8. The predicted molar refractivity (Wildman–Crippen MR) is 114 cm³/mol. The van der Waals surface area contributed by atoms with Crippen LogP contribution < -0.4 is 5.73 Å². The topological polar surface area (TPSA) is 81.3 Å². The number of benzene rings is 1. The monoisotopic (exact) mass is 480 g/mol. The molecule has 180 valence electrons. The van der Waals surface area contributed by atoms with E-state index in [0.29, 0.717) is 29.8 Å². The van der Waals surface area contributed by atoms with E-state index in [4.69, 9.17) is 10.5 Å². The third-order valence-electron chi connectivity index (χ3n) is 5.56. The number of pyridine rings is 2. The van der Waals surface area contributed by atoms with Crippen molar-refractivity contribution in [3.8, 4) is 0 Å². The molecule has 0 saturated carbocycles. The minimum atomic E-state index is -4.58. The molecule has 0 unspecified atom stereocenters. The Kier molecular flexibility index (Phi) is 5.92. The number of carbonyl (C=O) groups is 1. The normalized spacial score (nSPS) is 16.0. The van der Waals surface area contributed by atoms with Gasteiger partial charge in [0.05, 0.1) is 42.6 Å². The van der Waals surface area contributed by atoms with Crippen LogP contribution in [-0.2, 0) is 24.1 Å². The first kappa shape index (κ1) is 23.8. The first-order valence-electron chi connectivity index (χ1n) is 10.4. The van der Waals surface area contributed by atoms with E-state index < -0.39 is 36.7 Å². The number of ether oxygens (including phenoxy) is 1. The molecule has 1 aliphatic rings. The van der Waals surface area contributed by atoms with Crippen molar-refractivity contribution in [2.24, 2.45) is 0 Å². The number of fused-ring (bicyclic) bond motifs is 3. The van der Waals surface area contributed by atoms with E-state index in [0.717, 1.165) is 28.2 Å². The zero-order valence-corrected chi connectivity index (χ0v) is 18.3. The Balaban J connectivity index is 1.68. The lowest BCUT2D eigenvalue weighted by Gasteiger charge is -2.26. The van der Waals surface area contributed by atoms with Gasteiger partial charge in [0, 0.05) is 29.6 Å². The van der Waals surface area contributed by atoms with E-state index in [9.17, 15) is 26.7 Å². The summed E-state index contributed by atoms with van der Waals surface area (Å²) in [6, 6.07) is 6.43. The lowest BCUT2D eigenvalue weighted by atomic mass is 10.00. The number of aromatic nitrogens is 2. The van der Waals surface area contributed by atoms with Crippen LogP contribution in [0, 0.1) is 0 Å². The van der Waals surface area contributed by atoms with E-state index in [1.54, 1.807) is 12.1 Å². The number of rotatable bonds is 5. The quantitative estimate of drug-likeness (QED) is 0.513. The van der Waals surface area contributed by atoms with Gasteiger partial charge in [-0.3, -0.25) is 9.78 Å².